The second-order valence-electron chi connectivity index (χ2n) is 6.64. The van der Waals surface area contributed by atoms with Gasteiger partial charge in [-0.1, -0.05) is 36.4 Å². The van der Waals surface area contributed by atoms with Crippen molar-refractivity contribution >= 4 is 24.1 Å². The van der Waals surface area contributed by atoms with E-state index in [1.165, 1.54) is 12.0 Å². The van der Waals surface area contributed by atoms with E-state index < -0.39 is 37.1 Å². The van der Waals surface area contributed by atoms with E-state index in [1.54, 1.807) is 24.3 Å². The van der Waals surface area contributed by atoms with E-state index in [2.05, 4.69) is 0 Å². The minimum Gasteiger partial charge on any atom is -0.481 e. The van der Waals surface area contributed by atoms with Crippen LogP contribution in [0.5, 0.6) is 5.75 Å². The second kappa shape index (κ2) is 9.69. The highest BCUT2D eigenvalue weighted by Crippen LogP contribution is 2.24. The highest BCUT2D eigenvalue weighted by Gasteiger charge is 2.35. The van der Waals surface area contributed by atoms with Gasteiger partial charge in [0.15, 0.2) is 19.5 Å². The Balaban J connectivity index is 1.59. The summed E-state index contributed by atoms with van der Waals surface area (Å²) in [5.74, 6) is -1.57. The molecule has 2 aromatic rings. The first-order valence-electron chi connectivity index (χ1n) is 9.30. The highest BCUT2D eigenvalue weighted by molar-refractivity contribution is 5.87. The number of carbonyl (C=O) groups is 4. The van der Waals surface area contributed by atoms with Gasteiger partial charge in [-0.25, -0.2) is 9.59 Å². The number of amides is 1. The van der Waals surface area contributed by atoms with Crippen LogP contribution in [0.1, 0.15) is 21.5 Å². The molecule has 1 aliphatic heterocycles. The molecular weight excluding hydrogens is 390 g/mol. The van der Waals surface area contributed by atoms with Crippen molar-refractivity contribution in [3.8, 4) is 5.75 Å². The highest BCUT2D eigenvalue weighted by atomic mass is 16.6. The molecule has 0 saturated carbocycles. The van der Waals surface area contributed by atoms with Gasteiger partial charge >= 0.3 is 11.9 Å². The van der Waals surface area contributed by atoms with Gasteiger partial charge in [-0.05, 0) is 23.3 Å². The molecule has 3 rings (SSSR count). The summed E-state index contributed by atoms with van der Waals surface area (Å²) in [4.78, 5) is 49.2. The van der Waals surface area contributed by atoms with Crippen LogP contribution < -0.4 is 4.74 Å². The van der Waals surface area contributed by atoms with E-state index in [0.29, 0.717) is 18.3 Å². The Kier molecular flexibility index (Phi) is 6.79. The van der Waals surface area contributed by atoms with Crippen LogP contribution in [0.3, 0.4) is 0 Å². The fourth-order valence-electron chi connectivity index (χ4n) is 3.24. The van der Waals surface area contributed by atoms with E-state index in [-0.39, 0.29) is 12.3 Å². The van der Waals surface area contributed by atoms with E-state index >= 15 is 0 Å². The van der Waals surface area contributed by atoms with Crippen LogP contribution in [-0.2, 0) is 36.8 Å². The zero-order valence-corrected chi connectivity index (χ0v) is 16.4. The Morgan fingerprint density at radius 3 is 2.47 bits per heavy atom. The van der Waals surface area contributed by atoms with Crippen molar-refractivity contribution in [2.24, 2.45) is 0 Å². The van der Waals surface area contributed by atoms with Crippen molar-refractivity contribution in [2.45, 2.75) is 19.0 Å². The molecule has 0 N–H and O–H groups in total. The molecule has 0 radical (unpaired) electrons. The maximum Gasteiger partial charge on any atom is 0.344 e. The number of carbonyl (C=O) groups excluding carboxylic acids is 4. The van der Waals surface area contributed by atoms with E-state index in [1.807, 2.05) is 24.3 Å². The smallest absolute Gasteiger partial charge is 0.344 e. The van der Waals surface area contributed by atoms with Crippen molar-refractivity contribution < 1.29 is 33.4 Å². The third-order valence-electron chi connectivity index (χ3n) is 4.79. The molecule has 30 heavy (non-hydrogen) atoms. The number of hydrogen-bond donors (Lipinski definition) is 0. The Morgan fingerprint density at radius 1 is 1.03 bits per heavy atom. The molecule has 0 spiro atoms. The summed E-state index contributed by atoms with van der Waals surface area (Å²) in [5, 5.41) is 0. The maximum atomic E-state index is 12.7. The zero-order chi connectivity index (χ0) is 21.5. The molecule has 8 nitrogen and oxygen atoms in total. The topological polar surface area (TPSA) is 99.2 Å². The van der Waals surface area contributed by atoms with Crippen LogP contribution in [-0.4, -0.2) is 55.4 Å². The van der Waals surface area contributed by atoms with Crippen molar-refractivity contribution in [3.05, 3.63) is 65.2 Å². The zero-order valence-electron chi connectivity index (χ0n) is 16.4. The monoisotopic (exact) mass is 411 g/mol. The van der Waals surface area contributed by atoms with Gasteiger partial charge in [-0.2, -0.15) is 0 Å². The fraction of sp³-hybridized carbons (Fsp3) is 0.273. The molecule has 1 aliphatic rings. The number of benzene rings is 2. The number of aldehydes is 1. The first-order chi connectivity index (χ1) is 14.5. The van der Waals surface area contributed by atoms with Gasteiger partial charge in [0, 0.05) is 13.0 Å². The predicted molar refractivity (Wildman–Crippen MR) is 105 cm³/mol. The lowest BCUT2D eigenvalue weighted by atomic mass is 9.94. The molecule has 0 saturated heterocycles. The molecular formula is C22H21NO7. The van der Waals surface area contributed by atoms with Gasteiger partial charge in [0.25, 0.3) is 5.91 Å². The van der Waals surface area contributed by atoms with Crippen molar-refractivity contribution in [1.82, 2.24) is 4.90 Å². The van der Waals surface area contributed by atoms with Crippen LogP contribution in [0.2, 0.25) is 0 Å². The quantitative estimate of drug-likeness (QED) is 0.503. The van der Waals surface area contributed by atoms with E-state index in [0.717, 1.165) is 11.1 Å². The molecule has 156 valence electrons. The van der Waals surface area contributed by atoms with E-state index in [4.69, 9.17) is 14.2 Å². The Hall–Kier alpha value is -3.68. The van der Waals surface area contributed by atoms with Crippen molar-refractivity contribution in [3.63, 3.8) is 0 Å². The van der Waals surface area contributed by atoms with Crippen LogP contribution >= 0.6 is 0 Å². The van der Waals surface area contributed by atoms with E-state index in [9.17, 15) is 19.2 Å². The lowest BCUT2D eigenvalue weighted by Gasteiger charge is -2.35. The van der Waals surface area contributed by atoms with Crippen LogP contribution in [0.4, 0.5) is 0 Å². The first-order valence-corrected chi connectivity index (χ1v) is 9.30. The Labute approximate surface area is 173 Å². The third kappa shape index (κ3) is 4.83. The summed E-state index contributed by atoms with van der Waals surface area (Å²) in [6.45, 7) is -0.774. The van der Waals surface area contributed by atoms with Crippen LogP contribution in [0.25, 0.3) is 0 Å². The maximum absolute atomic E-state index is 12.7. The van der Waals surface area contributed by atoms with Crippen LogP contribution in [0.15, 0.2) is 48.5 Å². The van der Waals surface area contributed by atoms with Gasteiger partial charge < -0.3 is 19.1 Å². The van der Waals surface area contributed by atoms with Gasteiger partial charge in [0.2, 0.25) is 0 Å². The lowest BCUT2D eigenvalue weighted by molar-refractivity contribution is -0.160. The summed E-state index contributed by atoms with van der Waals surface area (Å²) in [7, 11) is 1.26. The van der Waals surface area contributed by atoms with Crippen molar-refractivity contribution in [1.29, 1.82) is 0 Å². The number of methoxy groups -OCH3 is 1. The normalized spacial score (nSPS) is 15.0. The number of hydrogen-bond acceptors (Lipinski definition) is 7. The largest absolute Gasteiger partial charge is 0.481 e. The second-order valence-corrected chi connectivity index (χ2v) is 6.64. The third-order valence-corrected chi connectivity index (χ3v) is 4.79. The molecule has 1 atom stereocenters. The number of esters is 2. The van der Waals surface area contributed by atoms with Crippen LogP contribution in [0, 0.1) is 0 Å². The average Bonchev–Trinajstić information content (AvgIpc) is 2.79. The van der Waals surface area contributed by atoms with Gasteiger partial charge in [0.05, 0.1) is 12.7 Å². The van der Waals surface area contributed by atoms with Gasteiger partial charge in [-0.3, -0.25) is 9.59 Å². The fourth-order valence-corrected chi connectivity index (χ4v) is 3.24. The average molecular weight is 411 g/mol. The first kappa shape index (κ1) is 21.0. The SMILES string of the molecule is COC(=O)[C@H]1Cc2ccccc2CN1C(=O)COC(=O)COc1ccccc1C=O. The molecule has 2 aromatic carbocycles. The minimum atomic E-state index is -0.785. The molecule has 1 amide bonds. The number of para-hydroxylation sites is 1. The molecule has 1 heterocycles. The van der Waals surface area contributed by atoms with Crippen molar-refractivity contribution in [2.75, 3.05) is 20.3 Å². The summed E-state index contributed by atoms with van der Waals surface area (Å²) in [5.41, 5.74) is 2.19. The molecule has 8 heteroatoms. The lowest BCUT2D eigenvalue weighted by Crippen LogP contribution is -2.50. The molecule has 0 aliphatic carbocycles. The Morgan fingerprint density at radius 2 is 1.73 bits per heavy atom. The molecule has 0 unspecified atom stereocenters. The predicted octanol–water partition coefficient (Wildman–Crippen LogP) is 1.55. The van der Waals surface area contributed by atoms with Gasteiger partial charge in [0.1, 0.15) is 11.8 Å². The number of nitrogens with zero attached hydrogens (tertiary/aromatic N) is 1. The number of ether oxygens (including phenoxy) is 3. The molecule has 0 aromatic heterocycles. The summed E-state index contributed by atoms with van der Waals surface area (Å²) in [6.07, 6.45) is 0.944. The number of rotatable bonds is 7. The van der Waals surface area contributed by atoms with Gasteiger partial charge in [-0.15, -0.1) is 0 Å². The molecule has 0 bridgehead atoms. The molecule has 0 fully saturated rings. The minimum absolute atomic E-state index is 0.218. The standard InChI is InChI=1S/C22H21NO7/c1-28-22(27)18-10-15-6-2-3-7-16(15)11-23(18)20(25)13-30-21(26)14-29-19-9-5-4-8-17(19)12-24/h2-9,12,18H,10-11,13-14H2,1H3/t18-/m1/s1. The number of fused-ring (bicyclic) bond motifs is 1. The summed E-state index contributed by atoms with van der Waals surface area (Å²) in [6, 6.07) is 13.2. The Bertz CT molecular complexity index is 956. The summed E-state index contributed by atoms with van der Waals surface area (Å²) < 4.78 is 15.1. The summed E-state index contributed by atoms with van der Waals surface area (Å²) >= 11 is 0.